The Bertz CT molecular complexity index is 706. The average molecular weight is 337 g/mol. The molecule has 1 atom stereocenters. The number of para-hydroxylation sites is 1. The van der Waals surface area contributed by atoms with Gasteiger partial charge in [-0.15, -0.1) is 0 Å². The quantitative estimate of drug-likeness (QED) is 0.858. The zero-order valence-electron chi connectivity index (χ0n) is 15.4. The maximum Gasteiger partial charge on any atom is 0.244 e. The van der Waals surface area contributed by atoms with E-state index < -0.39 is 0 Å². The van der Waals surface area contributed by atoms with Gasteiger partial charge in [0.25, 0.3) is 0 Å². The first-order valence-corrected chi connectivity index (χ1v) is 8.88. The normalized spacial score (nSPS) is 16.5. The molecular formula is C21H27N3O. The number of anilines is 1. The Kier molecular flexibility index (Phi) is 5.39. The highest BCUT2D eigenvalue weighted by atomic mass is 16.2. The Morgan fingerprint density at radius 2 is 1.52 bits per heavy atom. The number of likely N-dealkylation sites (N-methyl/N-ethyl adjacent to an activating group) is 1. The Morgan fingerprint density at radius 3 is 2.12 bits per heavy atom. The summed E-state index contributed by atoms with van der Waals surface area (Å²) in [7, 11) is 3.67. The topological polar surface area (TPSA) is 26.8 Å². The molecule has 3 rings (SSSR count). The van der Waals surface area contributed by atoms with Crippen molar-refractivity contribution in [3.8, 4) is 0 Å². The largest absolute Gasteiger partial charge is 0.369 e. The van der Waals surface area contributed by atoms with Crippen molar-refractivity contribution >= 4 is 11.6 Å². The SMILES string of the molecule is Cc1ccccc1N1CCN([C@@H](C(=O)N(C)C)c2ccccc2)CC1. The lowest BCUT2D eigenvalue weighted by atomic mass is 10.0. The molecule has 4 heteroatoms. The molecule has 1 aliphatic heterocycles. The first-order chi connectivity index (χ1) is 12.1. The smallest absolute Gasteiger partial charge is 0.244 e. The molecule has 0 aliphatic carbocycles. The highest BCUT2D eigenvalue weighted by Crippen LogP contribution is 2.26. The van der Waals surface area contributed by atoms with Crippen molar-refractivity contribution in [1.29, 1.82) is 0 Å². The zero-order chi connectivity index (χ0) is 17.8. The van der Waals surface area contributed by atoms with Crippen molar-refractivity contribution in [2.75, 3.05) is 45.2 Å². The van der Waals surface area contributed by atoms with Crippen LogP contribution in [0.2, 0.25) is 0 Å². The number of carbonyl (C=O) groups is 1. The fourth-order valence-corrected chi connectivity index (χ4v) is 3.53. The number of rotatable bonds is 4. The predicted molar refractivity (Wildman–Crippen MR) is 103 cm³/mol. The zero-order valence-corrected chi connectivity index (χ0v) is 15.4. The summed E-state index contributed by atoms with van der Waals surface area (Å²) >= 11 is 0. The van der Waals surface area contributed by atoms with Crippen LogP contribution in [0.25, 0.3) is 0 Å². The van der Waals surface area contributed by atoms with Gasteiger partial charge in [0.05, 0.1) is 0 Å². The van der Waals surface area contributed by atoms with E-state index >= 15 is 0 Å². The number of piperazine rings is 1. The summed E-state index contributed by atoms with van der Waals surface area (Å²) in [5.74, 6) is 0.149. The lowest BCUT2D eigenvalue weighted by Gasteiger charge is -2.40. The Hall–Kier alpha value is -2.33. The van der Waals surface area contributed by atoms with E-state index in [1.54, 1.807) is 4.90 Å². The van der Waals surface area contributed by atoms with Gasteiger partial charge in [0, 0.05) is 46.0 Å². The molecular weight excluding hydrogens is 310 g/mol. The van der Waals surface area contributed by atoms with Crippen LogP contribution in [0.4, 0.5) is 5.69 Å². The molecule has 1 saturated heterocycles. The first-order valence-electron chi connectivity index (χ1n) is 8.88. The molecule has 132 valence electrons. The van der Waals surface area contributed by atoms with Crippen molar-refractivity contribution in [3.05, 3.63) is 65.7 Å². The van der Waals surface area contributed by atoms with E-state index in [0.717, 1.165) is 31.7 Å². The number of carbonyl (C=O) groups excluding carboxylic acids is 1. The maximum atomic E-state index is 12.8. The highest BCUT2D eigenvalue weighted by molar-refractivity contribution is 5.83. The van der Waals surface area contributed by atoms with E-state index in [2.05, 4.69) is 53.1 Å². The fraction of sp³-hybridized carbons (Fsp3) is 0.381. The molecule has 0 spiro atoms. The minimum absolute atomic E-state index is 0.149. The van der Waals surface area contributed by atoms with Gasteiger partial charge in [-0.25, -0.2) is 0 Å². The molecule has 0 bridgehead atoms. The van der Waals surface area contributed by atoms with Gasteiger partial charge in [0.2, 0.25) is 5.91 Å². The third-order valence-corrected chi connectivity index (χ3v) is 4.93. The van der Waals surface area contributed by atoms with Crippen molar-refractivity contribution in [1.82, 2.24) is 9.80 Å². The van der Waals surface area contributed by atoms with Crippen LogP contribution in [0, 0.1) is 6.92 Å². The van der Waals surface area contributed by atoms with Gasteiger partial charge in [-0.1, -0.05) is 48.5 Å². The molecule has 0 unspecified atom stereocenters. The number of hydrogen-bond donors (Lipinski definition) is 0. The first kappa shape index (κ1) is 17.5. The van der Waals surface area contributed by atoms with E-state index in [4.69, 9.17) is 0 Å². The number of benzene rings is 2. The summed E-state index contributed by atoms with van der Waals surface area (Å²) in [6.07, 6.45) is 0. The Labute approximate surface area is 150 Å². The molecule has 2 aromatic rings. The van der Waals surface area contributed by atoms with Crippen LogP contribution >= 0.6 is 0 Å². The molecule has 25 heavy (non-hydrogen) atoms. The predicted octanol–water partition coefficient (Wildman–Crippen LogP) is 2.95. The molecule has 0 saturated carbocycles. The minimum atomic E-state index is -0.199. The summed E-state index contributed by atoms with van der Waals surface area (Å²) in [6.45, 7) is 5.80. The fourth-order valence-electron chi connectivity index (χ4n) is 3.53. The minimum Gasteiger partial charge on any atom is -0.369 e. The molecule has 0 aromatic heterocycles. The maximum absolute atomic E-state index is 12.8. The standard InChI is InChI=1S/C21H27N3O/c1-17-9-7-8-12-19(17)23-13-15-24(16-14-23)20(21(25)22(2)3)18-10-5-4-6-11-18/h4-12,20H,13-16H2,1-3H3/t20-/m1/s1. The van der Waals surface area contributed by atoms with E-state index in [1.807, 2.05) is 32.3 Å². The van der Waals surface area contributed by atoms with Crippen molar-refractivity contribution in [3.63, 3.8) is 0 Å². The molecule has 1 aliphatic rings. The second-order valence-electron chi connectivity index (χ2n) is 6.86. The molecule has 1 fully saturated rings. The van der Waals surface area contributed by atoms with Crippen molar-refractivity contribution in [2.45, 2.75) is 13.0 Å². The number of aryl methyl sites for hydroxylation is 1. The van der Waals surface area contributed by atoms with E-state index in [0.29, 0.717) is 0 Å². The second-order valence-corrected chi connectivity index (χ2v) is 6.86. The van der Waals surface area contributed by atoms with Gasteiger partial charge in [-0.2, -0.15) is 0 Å². The van der Waals surface area contributed by atoms with E-state index in [1.165, 1.54) is 11.3 Å². The number of hydrogen-bond acceptors (Lipinski definition) is 3. The molecule has 2 aromatic carbocycles. The van der Waals surface area contributed by atoms with Crippen LogP contribution in [0.5, 0.6) is 0 Å². The molecule has 1 heterocycles. The summed E-state index contributed by atoms with van der Waals surface area (Å²) in [4.78, 5) is 19.3. The van der Waals surface area contributed by atoms with Gasteiger partial charge >= 0.3 is 0 Å². The van der Waals surface area contributed by atoms with Crippen LogP contribution in [-0.2, 0) is 4.79 Å². The lowest BCUT2D eigenvalue weighted by Crippen LogP contribution is -2.51. The number of nitrogens with zero attached hydrogens (tertiary/aromatic N) is 3. The van der Waals surface area contributed by atoms with E-state index in [-0.39, 0.29) is 11.9 Å². The third kappa shape index (κ3) is 3.85. The Balaban J connectivity index is 1.76. The van der Waals surface area contributed by atoms with Crippen molar-refractivity contribution in [2.24, 2.45) is 0 Å². The molecule has 1 amide bonds. The van der Waals surface area contributed by atoms with Crippen molar-refractivity contribution < 1.29 is 4.79 Å². The highest BCUT2D eigenvalue weighted by Gasteiger charge is 2.31. The molecule has 4 nitrogen and oxygen atoms in total. The summed E-state index contributed by atoms with van der Waals surface area (Å²) in [6, 6.07) is 18.4. The van der Waals surface area contributed by atoms with Gasteiger partial charge < -0.3 is 9.80 Å². The average Bonchev–Trinajstić information content (AvgIpc) is 2.64. The van der Waals surface area contributed by atoms with E-state index in [9.17, 15) is 4.79 Å². The van der Waals surface area contributed by atoms with Crippen LogP contribution in [-0.4, -0.2) is 56.0 Å². The molecule has 0 N–H and O–H groups in total. The van der Waals surface area contributed by atoms with Crippen LogP contribution < -0.4 is 4.90 Å². The lowest BCUT2D eigenvalue weighted by molar-refractivity contribution is -0.134. The number of amides is 1. The van der Waals surface area contributed by atoms with Crippen LogP contribution in [0.3, 0.4) is 0 Å². The monoisotopic (exact) mass is 337 g/mol. The summed E-state index contributed by atoms with van der Waals surface area (Å²) in [5.41, 5.74) is 3.68. The van der Waals surface area contributed by atoms with Crippen LogP contribution in [0.15, 0.2) is 54.6 Å². The van der Waals surface area contributed by atoms with Gasteiger partial charge in [0.15, 0.2) is 0 Å². The second kappa shape index (κ2) is 7.70. The molecule has 0 radical (unpaired) electrons. The van der Waals surface area contributed by atoms with Crippen LogP contribution in [0.1, 0.15) is 17.2 Å². The third-order valence-electron chi connectivity index (χ3n) is 4.93. The van der Waals surface area contributed by atoms with Gasteiger partial charge in [0.1, 0.15) is 6.04 Å². The summed E-state index contributed by atoms with van der Waals surface area (Å²) < 4.78 is 0. The van der Waals surface area contributed by atoms with Gasteiger partial charge in [-0.3, -0.25) is 9.69 Å². The summed E-state index contributed by atoms with van der Waals surface area (Å²) in [5, 5.41) is 0. The Morgan fingerprint density at radius 1 is 0.920 bits per heavy atom. The van der Waals surface area contributed by atoms with Gasteiger partial charge in [-0.05, 0) is 24.1 Å².